The molecule has 0 atom stereocenters. The zero-order valence-electron chi connectivity index (χ0n) is 10.3. The lowest BCUT2D eigenvalue weighted by Gasteiger charge is -2.00. The molecule has 0 aromatic carbocycles. The number of aromatic nitrogens is 1. The Labute approximate surface area is 97.1 Å². The Morgan fingerprint density at radius 3 is 2.73 bits per heavy atom. The number of aryl methyl sites for hydroxylation is 1. The van der Waals surface area contributed by atoms with Crippen LogP contribution in [0.3, 0.4) is 0 Å². The Bertz CT molecular complexity index is 292. The predicted molar refractivity (Wildman–Crippen MR) is 67.4 cm³/mol. The molecule has 0 aliphatic carbocycles. The van der Waals surface area contributed by atoms with Gasteiger partial charge in [-0.2, -0.15) is 0 Å². The Balaban J connectivity index is 2.53. The Morgan fingerprint density at radius 2 is 2.13 bits per heavy atom. The van der Waals surface area contributed by atoms with Crippen LogP contribution in [0.1, 0.15) is 42.8 Å². The second kappa shape index (κ2) is 6.23. The van der Waals surface area contributed by atoms with Gasteiger partial charge in [-0.25, -0.2) is 4.98 Å². The third kappa shape index (κ3) is 4.31. The van der Waals surface area contributed by atoms with E-state index in [9.17, 15) is 0 Å². The van der Waals surface area contributed by atoms with Gasteiger partial charge in [-0.05, 0) is 25.8 Å². The molecule has 0 saturated heterocycles. The van der Waals surface area contributed by atoms with Crippen LogP contribution in [0.4, 0.5) is 0 Å². The van der Waals surface area contributed by atoms with E-state index in [1.165, 1.54) is 22.0 Å². The number of nitrogens with zero attached hydrogens (tertiary/aromatic N) is 1. The highest BCUT2D eigenvalue weighted by molar-refractivity contribution is 7.11. The average molecular weight is 226 g/mol. The molecule has 0 saturated carbocycles. The first-order valence-electron chi connectivity index (χ1n) is 5.79. The highest BCUT2D eigenvalue weighted by Crippen LogP contribution is 2.20. The van der Waals surface area contributed by atoms with E-state index in [-0.39, 0.29) is 0 Å². The van der Waals surface area contributed by atoms with Crippen LogP contribution in [0.5, 0.6) is 0 Å². The van der Waals surface area contributed by atoms with E-state index >= 15 is 0 Å². The van der Waals surface area contributed by atoms with Crippen molar-refractivity contribution in [3.8, 4) is 0 Å². The molecule has 0 fully saturated rings. The zero-order chi connectivity index (χ0) is 11.3. The van der Waals surface area contributed by atoms with Gasteiger partial charge in [-0.15, -0.1) is 11.3 Å². The van der Waals surface area contributed by atoms with E-state index in [2.05, 4.69) is 38.0 Å². The monoisotopic (exact) mass is 226 g/mol. The molecule has 1 N–H and O–H groups in total. The van der Waals surface area contributed by atoms with Gasteiger partial charge >= 0.3 is 0 Å². The molecule has 0 spiro atoms. The molecule has 0 bridgehead atoms. The van der Waals surface area contributed by atoms with Gasteiger partial charge in [0.05, 0.1) is 10.7 Å². The molecule has 1 aromatic rings. The maximum absolute atomic E-state index is 4.61. The summed E-state index contributed by atoms with van der Waals surface area (Å²) in [6.45, 7) is 10.9. The molecule has 15 heavy (non-hydrogen) atoms. The van der Waals surface area contributed by atoms with Crippen molar-refractivity contribution in [1.82, 2.24) is 10.3 Å². The molecule has 86 valence electrons. The lowest BCUT2D eigenvalue weighted by molar-refractivity contribution is 0.643. The number of thiazole rings is 1. The first-order chi connectivity index (χ1) is 7.13. The second-order valence-corrected chi connectivity index (χ2v) is 5.56. The van der Waals surface area contributed by atoms with Crippen molar-refractivity contribution in [3.05, 3.63) is 15.6 Å². The standard InChI is InChI=1S/C12H22N2S/c1-5-6-13-8-11-10(4)14-12(15-11)7-9(2)3/h9,13H,5-8H2,1-4H3. The molecular formula is C12H22N2S. The zero-order valence-corrected chi connectivity index (χ0v) is 11.1. The molecule has 1 aromatic heterocycles. The van der Waals surface area contributed by atoms with Gasteiger partial charge in [0, 0.05) is 17.8 Å². The molecule has 1 rings (SSSR count). The van der Waals surface area contributed by atoms with Crippen LogP contribution < -0.4 is 5.32 Å². The summed E-state index contributed by atoms with van der Waals surface area (Å²) in [4.78, 5) is 6.01. The fraction of sp³-hybridized carbons (Fsp3) is 0.750. The maximum atomic E-state index is 4.61. The van der Waals surface area contributed by atoms with Crippen LogP contribution in [0, 0.1) is 12.8 Å². The summed E-state index contributed by atoms with van der Waals surface area (Å²) in [5, 5.41) is 4.72. The molecule has 1 heterocycles. The van der Waals surface area contributed by atoms with Crippen LogP contribution in [-0.2, 0) is 13.0 Å². The predicted octanol–water partition coefficient (Wildman–Crippen LogP) is 3.15. The number of hydrogen-bond acceptors (Lipinski definition) is 3. The summed E-state index contributed by atoms with van der Waals surface area (Å²) in [6, 6.07) is 0. The molecule has 0 radical (unpaired) electrons. The summed E-state index contributed by atoms with van der Waals surface area (Å²) in [5.41, 5.74) is 1.21. The third-order valence-electron chi connectivity index (χ3n) is 2.23. The van der Waals surface area contributed by atoms with E-state index in [0.717, 1.165) is 19.5 Å². The minimum atomic E-state index is 0.701. The molecule has 0 unspecified atom stereocenters. The molecule has 2 nitrogen and oxygen atoms in total. The van der Waals surface area contributed by atoms with Gasteiger partial charge in [0.1, 0.15) is 0 Å². The van der Waals surface area contributed by atoms with Gasteiger partial charge in [0.25, 0.3) is 0 Å². The Hall–Kier alpha value is -0.410. The fourth-order valence-corrected chi connectivity index (χ4v) is 2.72. The van der Waals surface area contributed by atoms with Crippen LogP contribution in [0.2, 0.25) is 0 Å². The van der Waals surface area contributed by atoms with Gasteiger partial charge < -0.3 is 5.32 Å². The summed E-state index contributed by atoms with van der Waals surface area (Å²) in [5.74, 6) is 0.701. The van der Waals surface area contributed by atoms with Crippen molar-refractivity contribution >= 4 is 11.3 Å². The van der Waals surface area contributed by atoms with Gasteiger partial charge in [0.15, 0.2) is 0 Å². The molecular weight excluding hydrogens is 204 g/mol. The van der Waals surface area contributed by atoms with Crippen molar-refractivity contribution < 1.29 is 0 Å². The highest BCUT2D eigenvalue weighted by atomic mass is 32.1. The van der Waals surface area contributed by atoms with Crippen LogP contribution in [0.15, 0.2) is 0 Å². The summed E-state index contributed by atoms with van der Waals surface area (Å²) in [7, 11) is 0. The second-order valence-electron chi connectivity index (χ2n) is 4.39. The topological polar surface area (TPSA) is 24.9 Å². The first-order valence-corrected chi connectivity index (χ1v) is 6.61. The SMILES string of the molecule is CCCNCc1sc(CC(C)C)nc1C. The van der Waals surface area contributed by atoms with E-state index < -0.39 is 0 Å². The summed E-state index contributed by atoms with van der Waals surface area (Å²) < 4.78 is 0. The van der Waals surface area contributed by atoms with Crippen LogP contribution in [-0.4, -0.2) is 11.5 Å². The average Bonchev–Trinajstić information content (AvgIpc) is 2.46. The highest BCUT2D eigenvalue weighted by Gasteiger charge is 2.08. The van der Waals surface area contributed by atoms with Crippen molar-refractivity contribution in [2.45, 2.75) is 47.1 Å². The van der Waals surface area contributed by atoms with Gasteiger partial charge in [-0.3, -0.25) is 0 Å². The normalized spacial score (nSPS) is 11.3. The quantitative estimate of drug-likeness (QED) is 0.754. The van der Waals surface area contributed by atoms with E-state index in [1.54, 1.807) is 0 Å². The van der Waals surface area contributed by atoms with Crippen molar-refractivity contribution in [3.63, 3.8) is 0 Å². The lowest BCUT2D eigenvalue weighted by Crippen LogP contribution is -2.13. The van der Waals surface area contributed by atoms with Crippen LogP contribution in [0.25, 0.3) is 0 Å². The minimum Gasteiger partial charge on any atom is -0.312 e. The van der Waals surface area contributed by atoms with Crippen molar-refractivity contribution in [2.24, 2.45) is 5.92 Å². The fourth-order valence-electron chi connectivity index (χ4n) is 1.47. The van der Waals surface area contributed by atoms with Crippen molar-refractivity contribution in [2.75, 3.05) is 6.54 Å². The largest absolute Gasteiger partial charge is 0.312 e. The van der Waals surface area contributed by atoms with Gasteiger partial charge in [-0.1, -0.05) is 20.8 Å². The minimum absolute atomic E-state index is 0.701. The summed E-state index contributed by atoms with van der Waals surface area (Å²) in [6.07, 6.45) is 2.30. The third-order valence-corrected chi connectivity index (χ3v) is 3.41. The van der Waals surface area contributed by atoms with Crippen molar-refractivity contribution in [1.29, 1.82) is 0 Å². The lowest BCUT2D eigenvalue weighted by atomic mass is 10.1. The van der Waals surface area contributed by atoms with E-state index in [1.807, 2.05) is 11.3 Å². The Kier molecular flexibility index (Phi) is 5.26. The maximum Gasteiger partial charge on any atom is 0.0934 e. The van der Waals surface area contributed by atoms with Gasteiger partial charge in [0.2, 0.25) is 0 Å². The Morgan fingerprint density at radius 1 is 1.40 bits per heavy atom. The van der Waals surface area contributed by atoms with Crippen LogP contribution >= 0.6 is 11.3 Å². The first kappa shape index (κ1) is 12.7. The number of nitrogens with one attached hydrogen (secondary N) is 1. The molecule has 0 aliphatic heterocycles. The molecule has 0 amide bonds. The van der Waals surface area contributed by atoms with E-state index in [0.29, 0.717) is 5.92 Å². The smallest absolute Gasteiger partial charge is 0.0934 e. The molecule has 3 heteroatoms. The van der Waals surface area contributed by atoms with E-state index in [4.69, 9.17) is 0 Å². The molecule has 0 aliphatic rings. The summed E-state index contributed by atoms with van der Waals surface area (Å²) >= 11 is 1.86. The number of rotatable bonds is 6. The number of hydrogen-bond donors (Lipinski definition) is 1.